The summed E-state index contributed by atoms with van der Waals surface area (Å²) in [5.74, 6) is 2.24. The lowest BCUT2D eigenvalue weighted by Crippen LogP contribution is -2.37. The van der Waals surface area contributed by atoms with Gasteiger partial charge in [-0.1, -0.05) is 6.92 Å². The summed E-state index contributed by atoms with van der Waals surface area (Å²) >= 11 is 1.89. The second-order valence-electron chi connectivity index (χ2n) is 2.49. The van der Waals surface area contributed by atoms with Crippen molar-refractivity contribution in [1.82, 2.24) is 5.32 Å². The number of aliphatic hydroxyl groups is 1. The van der Waals surface area contributed by atoms with Crippen LogP contribution >= 0.6 is 11.8 Å². The molecule has 12 heavy (non-hydrogen) atoms. The average Bonchev–Trinajstić information content (AvgIpc) is 2.10. The number of hydrogen-bond acceptors (Lipinski definition) is 4. The van der Waals surface area contributed by atoms with Crippen LogP contribution in [0.1, 0.15) is 6.92 Å². The molecule has 0 aliphatic rings. The Hall–Kier alpha value is 0.230. The summed E-state index contributed by atoms with van der Waals surface area (Å²) in [5.41, 5.74) is 0. The largest absolute Gasteiger partial charge is 0.395 e. The first kappa shape index (κ1) is 12.2. The summed E-state index contributed by atoms with van der Waals surface area (Å²) in [7, 11) is 1.64. The molecule has 1 unspecified atom stereocenters. The predicted molar refractivity (Wildman–Crippen MR) is 53.8 cm³/mol. The Balaban J connectivity index is 3.19. The molecule has 3 nitrogen and oxygen atoms in total. The normalized spacial score (nSPS) is 13.2. The number of methoxy groups -OCH3 is 1. The van der Waals surface area contributed by atoms with Crippen LogP contribution < -0.4 is 5.32 Å². The van der Waals surface area contributed by atoms with E-state index in [0.717, 1.165) is 18.1 Å². The lowest BCUT2D eigenvalue weighted by Gasteiger charge is -2.14. The zero-order valence-electron chi connectivity index (χ0n) is 7.88. The maximum Gasteiger partial charge on any atom is 0.0638 e. The number of nitrogens with one attached hydrogen (secondary N) is 1. The van der Waals surface area contributed by atoms with Crippen molar-refractivity contribution in [2.45, 2.75) is 13.0 Å². The zero-order valence-corrected chi connectivity index (χ0v) is 8.69. The second-order valence-corrected chi connectivity index (χ2v) is 3.88. The van der Waals surface area contributed by atoms with Gasteiger partial charge in [0.1, 0.15) is 0 Å². The van der Waals surface area contributed by atoms with E-state index in [-0.39, 0.29) is 12.6 Å². The van der Waals surface area contributed by atoms with Crippen molar-refractivity contribution in [2.75, 3.05) is 38.4 Å². The number of rotatable bonds is 8. The molecule has 0 saturated heterocycles. The van der Waals surface area contributed by atoms with Crippen LogP contribution in [0, 0.1) is 0 Å². The van der Waals surface area contributed by atoms with Crippen molar-refractivity contribution in [3.63, 3.8) is 0 Å². The molecule has 0 saturated carbocycles. The van der Waals surface area contributed by atoms with Gasteiger partial charge in [0.05, 0.1) is 19.3 Å². The van der Waals surface area contributed by atoms with Crippen LogP contribution in [0.4, 0.5) is 0 Å². The quantitative estimate of drug-likeness (QED) is 0.545. The molecule has 0 radical (unpaired) electrons. The highest BCUT2D eigenvalue weighted by Crippen LogP contribution is 1.95. The molecule has 0 aromatic carbocycles. The number of thioether (sulfide) groups is 1. The molecule has 0 aliphatic carbocycles. The Kier molecular flexibility index (Phi) is 9.50. The highest BCUT2D eigenvalue weighted by atomic mass is 32.2. The highest BCUT2D eigenvalue weighted by molar-refractivity contribution is 7.99. The lowest BCUT2D eigenvalue weighted by molar-refractivity contribution is 0.130. The number of aliphatic hydroxyl groups excluding tert-OH is 1. The van der Waals surface area contributed by atoms with E-state index in [0.29, 0.717) is 6.61 Å². The summed E-state index contributed by atoms with van der Waals surface area (Å²) in [4.78, 5) is 0. The summed E-state index contributed by atoms with van der Waals surface area (Å²) in [6.45, 7) is 3.80. The van der Waals surface area contributed by atoms with Gasteiger partial charge in [-0.15, -0.1) is 0 Å². The topological polar surface area (TPSA) is 41.5 Å². The van der Waals surface area contributed by atoms with E-state index in [1.54, 1.807) is 7.11 Å². The van der Waals surface area contributed by atoms with E-state index in [1.165, 1.54) is 0 Å². The van der Waals surface area contributed by atoms with E-state index in [9.17, 15) is 0 Å². The molecular weight excluding hydrogens is 174 g/mol. The van der Waals surface area contributed by atoms with E-state index in [2.05, 4.69) is 12.2 Å². The van der Waals surface area contributed by atoms with Crippen molar-refractivity contribution in [2.24, 2.45) is 0 Å². The smallest absolute Gasteiger partial charge is 0.0638 e. The monoisotopic (exact) mass is 193 g/mol. The molecule has 0 fully saturated rings. The fraction of sp³-hybridized carbons (Fsp3) is 1.00. The van der Waals surface area contributed by atoms with Gasteiger partial charge in [0.25, 0.3) is 0 Å². The van der Waals surface area contributed by atoms with E-state index in [4.69, 9.17) is 9.84 Å². The first-order valence-corrected chi connectivity index (χ1v) is 5.41. The van der Waals surface area contributed by atoms with Gasteiger partial charge in [0.2, 0.25) is 0 Å². The fourth-order valence-electron chi connectivity index (χ4n) is 0.857. The summed E-state index contributed by atoms with van der Waals surface area (Å²) in [6.07, 6.45) is 0. The second kappa shape index (κ2) is 9.32. The molecule has 74 valence electrons. The molecule has 0 aromatic rings. The summed E-state index contributed by atoms with van der Waals surface area (Å²) in [5, 5.41) is 12.1. The van der Waals surface area contributed by atoms with Crippen LogP contribution in [0.25, 0.3) is 0 Å². The Labute approximate surface area is 78.9 Å². The zero-order chi connectivity index (χ0) is 9.23. The molecule has 4 heteroatoms. The van der Waals surface area contributed by atoms with Gasteiger partial charge in [-0.25, -0.2) is 0 Å². The van der Waals surface area contributed by atoms with Crippen LogP contribution in [0.3, 0.4) is 0 Å². The van der Waals surface area contributed by atoms with Gasteiger partial charge in [0.15, 0.2) is 0 Å². The van der Waals surface area contributed by atoms with E-state index < -0.39 is 0 Å². The molecule has 1 atom stereocenters. The highest BCUT2D eigenvalue weighted by Gasteiger charge is 2.03. The van der Waals surface area contributed by atoms with Crippen molar-refractivity contribution >= 4 is 11.8 Å². The number of hydrogen-bond donors (Lipinski definition) is 2. The van der Waals surface area contributed by atoms with Gasteiger partial charge < -0.3 is 15.2 Å². The molecule has 0 bridgehead atoms. The maximum absolute atomic E-state index is 8.86. The molecule has 0 aliphatic heterocycles. The van der Waals surface area contributed by atoms with E-state index >= 15 is 0 Å². The van der Waals surface area contributed by atoms with Crippen molar-refractivity contribution in [3.05, 3.63) is 0 Å². The SMILES string of the molecule is CCSCCNC(CO)COC. The predicted octanol–water partition coefficient (Wildman–Crippen LogP) is 0.336. The molecule has 0 amide bonds. The van der Waals surface area contributed by atoms with Gasteiger partial charge in [-0.05, 0) is 5.75 Å². The minimum absolute atomic E-state index is 0.0902. The van der Waals surface area contributed by atoms with Crippen LogP contribution in [0.5, 0.6) is 0 Å². The third-order valence-electron chi connectivity index (χ3n) is 1.47. The van der Waals surface area contributed by atoms with Crippen LogP contribution in [0.2, 0.25) is 0 Å². The minimum Gasteiger partial charge on any atom is -0.395 e. The van der Waals surface area contributed by atoms with E-state index in [1.807, 2.05) is 11.8 Å². The summed E-state index contributed by atoms with van der Waals surface area (Å²) < 4.78 is 4.92. The van der Waals surface area contributed by atoms with Gasteiger partial charge in [0, 0.05) is 19.4 Å². The first-order valence-electron chi connectivity index (χ1n) is 4.26. The number of ether oxygens (including phenoxy) is 1. The molecular formula is C8H19NO2S. The standard InChI is InChI=1S/C8H19NO2S/c1-3-12-5-4-9-8(6-10)7-11-2/h8-10H,3-7H2,1-2H3. The average molecular weight is 193 g/mol. The summed E-state index contributed by atoms with van der Waals surface area (Å²) in [6, 6.07) is 0.0902. The van der Waals surface area contributed by atoms with Crippen LogP contribution in [-0.4, -0.2) is 49.5 Å². The van der Waals surface area contributed by atoms with Crippen LogP contribution in [0.15, 0.2) is 0 Å². The Morgan fingerprint density at radius 1 is 1.58 bits per heavy atom. The molecule has 2 N–H and O–H groups in total. The Morgan fingerprint density at radius 2 is 2.33 bits per heavy atom. The Bertz CT molecular complexity index is 93.1. The van der Waals surface area contributed by atoms with Crippen LogP contribution in [-0.2, 0) is 4.74 Å². The molecule has 0 rings (SSSR count). The van der Waals surface area contributed by atoms with Crippen molar-refractivity contribution < 1.29 is 9.84 Å². The minimum atomic E-state index is 0.0902. The Morgan fingerprint density at radius 3 is 2.83 bits per heavy atom. The molecule has 0 spiro atoms. The molecule has 0 aromatic heterocycles. The van der Waals surface area contributed by atoms with Gasteiger partial charge in [-0.3, -0.25) is 0 Å². The molecule has 0 heterocycles. The van der Waals surface area contributed by atoms with Crippen molar-refractivity contribution in [1.29, 1.82) is 0 Å². The third-order valence-corrected chi connectivity index (χ3v) is 2.37. The first-order chi connectivity index (χ1) is 5.85. The van der Waals surface area contributed by atoms with Gasteiger partial charge >= 0.3 is 0 Å². The third kappa shape index (κ3) is 6.91. The fourth-order valence-corrected chi connectivity index (χ4v) is 1.41. The van der Waals surface area contributed by atoms with Crippen molar-refractivity contribution in [3.8, 4) is 0 Å². The van der Waals surface area contributed by atoms with Gasteiger partial charge in [-0.2, -0.15) is 11.8 Å². The maximum atomic E-state index is 8.86. The lowest BCUT2D eigenvalue weighted by atomic mass is 10.3.